The predicted octanol–water partition coefficient (Wildman–Crippen LogP) is 4.01. The number of aliphatic imine (C=N–C) groups is 1. The lowest BCUT2D eigenvalue weighted by molar-refractivity contribution is 0.974. The van der Waals surface area contributed by atoms with E-state index >= 15 is 0 Å². The van der Waals surface area contributed by atoms with Gasteiger partial charge in [-0.1, -0.05) is 66.7 Å². The van der Waals surface area contributed by atoms with E-state index in [9.17, 15) is 0 Å². The van der Waals surface area contributed by atoms with Crippen LogP contribution in [0, 0.1) is 0 Å². The molecule has 0 atom stereocenters. The van der Waals surface area contributed by atoms with Gasteiger partial charge < -0.3 is 0 Å². The van der Waals surface area contributed by atoms with Gasteiger partial charge in [0.25, 0.3) is 0 Å². The van der Waals surface area contributed by atoms with Crippen molar-refractivity contribution in [1.82, 2.24) is 0 Å². The standard InChI is InChI=1S/C17H17N/c1-3-8-16(9-4-1)12-7-14-18-15-13-17-10-5-2-6-11-17/h1-12,14H,13,15H2/b12-7+,18-14+. The van der Waals surface area contributed by atoms with Crippen molar-refractivity contribution in [3.63, 3.8) is 0 Å². The molecule has 1 heteroatoms. The number of nitrogens with zero attached hydrogens (tertiary/aromatic N) is 1. The molecule has 18 heavy (non-hydrogen) atoms. The lowest BCUT2D eigenvalue weighted by Crippen LogP contribution is -1.88. The molecule has 0 aliphatic carbocycles. The lowest BCUT2D eigenvalue weighted by Gasteiger charge is -1.95. The zero-order valence-electron chi connectivity index (χ0n) is 10.4. The Morgan fingerprint density at radius 3 is 2.22 bits per heavy atom. The zero-order valence-corrected chi connectivity index (χ0v) is 10.4. The van der Waals surface area contributed by atoms with Gasteiger partial charge in [0.2, 0.25) is 0 Å². The molecule has 0 aliphatic rings. The van der Waals surface area contributed by atoms with Crippen LogP contribution in [-0.4, -0.2) is 12.8 Å². The van der Waals surface area contributed by atoms with Gasteiger partial charge in [0.1, 0.15) is 0 Å². The van der Waals surface area contributed by atoms with E-state index < -0.39 is 0 Å². The van der Waals surface area contributed by atoms with Crippen LogP contribution in [-0.2, 0) is 6.42 Å². The molecule has 2 rings (SSSR count). The summed E-state index contributed by atoms with van der Waals surface area (Å²) >= 11 is 0. The van der Waals surface area contributed by atoms with Crippen LogP contribution in [0.25, 0.3) is 6.08 Å². The minimum atomic E-state index is 0.836. The first-order chi connectivity index (χ1) is 8.95. The summed E-state index contributed by atoms with van der Waals surface area (Å²) in [6, 6.07) is 20.7. The van der Waals surface area contributed by atoms with Crippen molar-refractivity contribution in [2.24, 2.45) is 4.99 Å². The normalized spacial score (nSPS) is 11.3. The molecule has 0 amide bonds. The van der Waals surface area contributed by atoms with Crippen molar-refractivity contribution in [3.8, 4) is 0 Å². The Morgan fingerprint density at radius 1 is 0.833 bits per heavy atom. The van der Waals surface area contributed by atoms with E-state index in [1.54, 1.807) is 0 Å². The highest BCUT2D eigenvalue weighted by Crippen LogP contribution is 2.00. The van der Waals surface area contributed by atoms with E-state index in [4.69, 9.17) is 0 Å². The minimum Gasteiger partial charge on any atom is -0.293 e. The molecule has 1 nitrogen and oxygen atoms in total. The molecule has 0 aliphatic heterocycles. The monoisotopic (exact) mass is 235 g/mol. The van der Waals surface area contributed by atoms with Crippen LogP contribution in [0.5, 0.6) is 0 Å². The van der Waals surface area contributed by atoms with E-state index in [1.807, 2.05) is 36.6 Å². The molecular formula is C17H17N. The topological polar surface area (TPSA) is 12.4 Å². The van der Waals surface area contributed by atoms with Gasteiger partial charge in [-0.2, -0.15) is 0 Å². The smallest absolute Gasteiger partial charge is 0.0429 e. The summed E-state index contributed by atoms with van der Waals surface area (Å²) in [5.41, 5.74) is 2.54. The molecule has 0 spiro atoms. The van der Waals surface area contributed by atoms with Crippen molar-refractivity contribution in [2.75, 3.05) is 6.54 Å². The van der Waals surface area contributed by atoms with Gasteiger partial charge >= 0.3 is 0 Å². The predicted molar refractivity (Wildman–Crippen MR) is 79.0 cm³/mol. The van der Waals surface area contributed by atoms with Gasteiger partial charge in [-0.25, -0.2) is 0 Å². The Hall–Kier alpha value is -2.15. The third kappa shape index (κ3) is 4.38. The summed E-state index contributed by atoms with van der Waals surface area (Å²) < 4.78 is 0. The second kappa shape index (κ2) is 7.23. The molecule has 0 N–H and O–H groups in total. The maximum absolute atomic E-state index is 4.37. The quantitative estimate of drug-likeness (QED) is 0.694. The summed E-state index contributed by atoms with van der Waals surface area (Å²) in [5.74, 6) is 0. The summed E-state index contributed by atoms with van der Waals surface area (Å²) in [6.45, 7) is 0.836. The highest BCUT2D eigenvalue weighted by atomic mass is 14.7. The first-order valence-electron chi connectivity index (χ1n) is 6.20. The van der Waals surface area contributed by atoms with E-state index in [0.717, 1.165) is 13.0 Å². The Bertz CT molecular complexity index is 498. The van der Waals surface area contributed by atoms with Gasteiger partial charge in [0.05, 0.1) is 0 Å². The average molecular weight is 235 g/mol. The maximum Gasteiger partial charge on any atom is 0.0429 e. The summed E-state index contributed by atoms with van der Waals surface area (Å²) in [5, 5.41) is 0. The largest absolute Gasteiger partial charge is 0.293 e. The highest BCUT2D eigenvalue weighted by Gasteiger charge is 1.87. The highest BCUT2D eigenvalue weighted by molar-refractivity contribution is 5.78. The van der Waals surface area contributed by atoms with Gasteiger partial charge in [0, 0.05) is 12.8 Å². The molecular weight excluding hydrogens is 218 g/mol. The van der Waals surface area contributed by atoms with Crippen molar-refractivity contribution in [1.29, 1.82) is 0 Å². The minimum absolute atomic E-state index is 0.836. The molecule has 0 saturated carbocycles. The molecule has 0 unspecified atom stereocenters. The molecule has 0 heterocycles. The van der Waals surface area contributed by atoms with E-state index in [1.165, 1.54) is 11.1 Å². The van der Waals surface area contributed by atoms with Crippen LogP contribution in [0.1, 0.15) is 11.1 Å². The van der Waals surface area contributed by atoms with Gasteiger partial charge in [-0.15, -0.1) is 0 Å². The number of hydrogen-bond acceptors (Lipinski definition) is 1. The van der Waals surface area contributed by atoms with Crippen molar-refractivity contribution >= 4 is 12.3 Å². The molecule has 2 aromatic carbocycles. The summed E-state index contributed by atoms with van der Waals surface area (Å²) in [4.78, 5) is 4.37. The molecule has 0 radical (unpaired) electrons. The molecule has 0 bridgehead atoms. The lowest BCUT2D eigenvalue weighted by atomic mass is 10.2. The summed E-state index contributed by atoms with van der Waals surface area (Å²) in [7, 11) is 0. The fourth-order valence-corrected chi connectivity index (χ4v) is 1.69. The number of hydrogen-bond donors (Lipinski definition) is 0. The SMILES string of the molecule is C(=C\c1ccccc1)/C=N/CCc1ccccc1. The molecule has 0 saturated heterocycles. The van der Waals surface area contributed by atoms with Gasteiger partial charge in [0.15, 0.2) is 0 Å². The summed E-state index contributed by atoms with van der Waals surface area (Å²) in [6.07, 6.45) is 6.92. The Balaban J connectivity index is 1.74. The van der Waals surface area contributed by atoms with Crippen LogP contribution in [0.3, 0.4) is 0 Å². The second-order valence-electron chi connectivity index (χ2n) is 4.06. The van der Waals surface area contributed by atoms with Crippen molar-refractivity contribution in [2.45, 2.75) is 6.42 Å². The third-order valence-electron chi connectivity index (χ3n) is 2.65. The van der Waals surface area contributed by atoms with Crippen LogP contribution in [0.4, 0.5) is 0 Å². The molecule has 0 fully saturated rings. The first-order valence-corrected chi connectivity index (χ1v) is 6.20. The Kier molecular flexibility index (Phi) is 4.94. The van der Waals surface area contributed by atoms with Crippen molar-refractivity contribution < 1.29 is 0 Å². The van der Waals surface area contributed by atoms with Crippen molar-refractivity contribution in [3.05, 3.63) is 77.9 Å². The Morgan fingerprint density at radius 2 is 1.50 bits per heavy atom. The van der Waals surface area contributed by atoms with E-state index in [0.29, 0.717) is 0 Å². The fraction of sp³-hybridized carbons (Fsp3) is 0.118. The third-order valence-corrected chi connectivity index (χ3v) is 2.65. The second-order valence-corrected chi connectivity index (χ2v) is 4.06. The number of rotatable bonds is 5. The number of benzene rings is 2. The van der Waals surface area contributed by atoms with Gasteiger partial charge in [-0.05, 0) is 23.6 Å². The van der Waals surface area contributed by atoms with E-state index in [2.05, 4.69) is 47.5 Å². The van der Waals surface area contributed by atoms with Crippen LogP contribution in [0.2, 0.25) is 0 Å². The number of allylic oxidation sites excluding steroid dienone is 1. The maximum atomic E-state index is 4.37. The first kappa shape index (κ1) is 12.3. The van der Waals surface area contributed by atoms with E-state index in [-0.39, 0.29) is 0 Å². The van der Waals surface area contributed by atoms with Gasteiger partial charge in [-0.3, -0.25) is 4.99 Å². The molecule has 90 valence electrons. The zero-order chi connectivity index (χ0) is 12.5. The van der Waals surface area contributed by atoms with Crippen LogP contribution >= 0.6 is 0 Å². The molecule has 0 aromatic heterocycles. The molecule has 2 aromatic rings. The average Bonchev–Trinajstić information content (AvgIpc) is 2.45. The Labute approximate surface area is 109 Å². The van der Waals surface area contributed by atoms with Crippen LogP contribution < -0.4 is 0 Å². The fourth-order valence-electron chi connectivity index (χ4n) is 1.69. The van der Waals surface area contributed by atoms with Crippen LogP contribution in [0.15, 0.2) is 71.7 Å².